The molecule has 6 heteroatoms. The number of hydrogen-bond acceptors (Lipinski definition) is 4. The zero-order valence-electron chi connectivity index (χ0n) is 17.2. The average Bonchev–Trinajstić information content (AvgIpc) is 3.23. The zero-order chi connectivity index (χ0) is 19.3. The Hall–Kier alpha value is -1.79. The average molecular weight is 377 g/mol. The van der Waals surface area contributed by atoms with Crippen molar-refractivity contribution in [2.75, 3.05) is 53.6 Å². The Kier molecular flexibility index (Phi) is 10.0. The third-order valence-electron chi connectivity index (χ3n) is 4.93. The van der Waals surface area contributed by atoms with Crippen LogP contribution in [0, 0.1) is 0 Å². The number of likely N-dealkylation sites (tertiary alicyclic amines) is 1. The van der Waals surface area contributed by atoms with Gasteiger partial charge in [-0.3, -0.25) is 9.89 Å². The van der Waals surface area contributed by atoms with E-state index in [9.17, 15) is 0 Å². The Balaban J connectivity index is 1.88. The molecule has 1 aromatic carbocycles. The standard InChI is InChI=1S/C21H36N4O2/c1-4-5-14-27-15-11-23-21(22-2)24-17-20(25-12-6-7-13-25)18-9-8-10-19(16-18)26-3/h8-10,16,20H,4-7,11-15,17H2,1-3H3,(H2,22,23,24). The van der Waals surface area contributed by atoms with Gasteiger partial charge in [0.05, 0.1) is 19.8 Å². The summed E-state index contributed by atoms with van der Waals surface area (Å²) in [6, 6.07) is 8.70. The lowest BCUT2D eigenvalue weighted by Gasteiger charge is -2.29. The molecule has 1 aliphatic heterocycles. The topological polar surface area (TPSA) is 58.1 Å². The zero-order valence-corrected chi connectivity index (χ0v) is 17.2. The van der Waals surface area contributed by atoms with Crippen LogP contribution < -0.4 is 15.4 Å². The summed E-state index contributed by atoms with van der Waals surface area (Å²) in [4.78, 5) is 6.89. The van der Waals surface area contributed by atoms with Crippen LogP contribution in [0.15, 0.2) is 29.3 Å². The molecular formula is C21H36N4O2. The molecule has 2 rings (SSSR count). The first-order chi connectivity index (χ1) is 13.3. The molecule has 0 radical (unpaired) electrons. The minimum atomic E-state index is 0.307. The smallest absolute Gasteiger partial charge is 0.191 e. The number of nitrogens with one attached hydrogen (secondary N) is 2. The molecular weight excluding hydrogens is 340 g/mol. The van der Waals surface area contributed by atoms with Crippen molar-refractivity contribution in [3.05, 3.63) is 29.8 Å². The highest BCUT2D eigenvalue weighted by molar-refractivity contribution is 5.79. The van der Waals surface area contributed by atoms with Crippen LogP contribution in [-0.4, -0.2) is 64.4 Å². The van der Waals surface area contributed by atoms with E-state index in [0.717, 1.165) is 50.9 Å². The molecule has 1 aromatic rings. The molecule has 1 heterocycles. The maximum Gasteiger partial charge on any atom is 0.191 e. The number of benzene rings is 1. The molecule has 0 aliphatic carbocycles. The van der Waals surface area contributed by atoms with Crippen LogP contribution in [0.4, 0.5) is 0 Å². The Morgan fingerprint density at radius 1 is 1.22 bits per heavy atom. The highest BCUT2D eigenvalue weighted by Crippen LogP contribution is 2.27. The third-order valence-corrected chi connectivity index (χ3v) is 4.93. The molecule has 0 aromatic heterocycles. The van der Waals surface area contributed by atoms with Gasteiger partial charge in [0.25, 0.3) is 0 Å². The normalized spacial score (nSPS) is 16.3. The molecule has 27 heavy (non-hydrogen) atoms. The number of hydrogen-bond donors (Lipinski definition) is 2. The van der Waals surface area contributed by atoms with Crippen molar-refractivity contribution < 1.29 is 9.47 Å². The lowest BCUT2D eigenvalue weighted by atomic mass is 10.1. The first kappa shape index (κ1) is 21.5. The summed E-state index contributed by atoms with van der Waals surface area (Å²) in [6.45, 7) is 7.55. The number of ether oxygens (including phenoxy) is 2. The van der Waals surface area contributed by atoms with Gasteiger partial charge >= 0.3 is 0 Å². The van der Waals surface area contributed by atoms with Gasteiger partial charge in [-0.25, -0.2) is 0 Å². The van der Waals surface area contributed by atoms with Crippen molar-refractivity contribution in [2.45, 2.75) is 38.6 Å². The van der Waals surface area contributed by atoms with E-state index >= 15 is 0 Å². The van der Waals surface area contributed by atoms with E-state index in [0.29, 0.717) is 12.6 Å². The maximum atomic E-state index is 5.60. The number of methoxy groups -OCH3 is 1. The van der Waals surface area contributed by atoms with Gasteiger partial charge in [-0.05, 0) is 50.0 Å². The van der Waals surface area contributed by atoms with E-state index in [1.807, 2.05) is 13.1 Å². The van der Waals surface area contributed by atoms with E-state index in [1.165, 1.54) is 24.8 Å². The second-order valence-corrected chi connectivity index (χ2v) is 6.88. The Labute approximate surface area is 164 Å². The minimum absolute atomic E-state index is 0.307. The van der Waals surface area contributed by atoms with Crippen molar-refractivity contribution in [1.82, 2.24) is 15.5 Å². The first-order valence-electron chi connectivity index (χ1n) is 10.2. The fourth-order valence-corrected chi connectivity index (χ4v) is 3.36. The van der Waals surface area contributed by atoms with Gasteiger partial charge < -0.3 is 20.1 Å². The van der Waals surface area contributed by atoms with Crippen LogP contribution in [0.2, 0.25) is 0 Å². The number of aliphatic imine (C=N–C) groups is 1. The van der Waals surface area contributed by atoms with Crippen molar-refractivity contribution in [2.24, 2.45) is 4.99 Å². The van der Waals surface area contributed by atoms with Crippen LogP contribution >= 0.6 is 0 Å². The predicted molar refractivity (Wildman–Crippen MR) is 112 cm³/mol. The van der Waals surface area contributed by atoms with Gasteiger partial charge in [0.1, 0.15) is 5.75 Å². The van der Waals surface area contributed by atoms with Gasteiger partial charge in [-0.15, -0.1) is 0 Å². The van der Waals surface area contributed by atoms with Crippen LogP contribution in [0.1, 0.15) is 44.2 Å². The molecule has 0 spiro atoms. The molecule has 0 amide bonds. The molecule has 0 bridgehead atoms. The Bertz CT molecular complexity index is 559. The summed E-state index contributed by atoms with van der Waals surface area (Å²) >= 11 is 0. The molecule has 1 aliphatic rings. The number of unbranched alkanes of at least 4 members (excludes halogenated alkanes) is 1. The Morgan fingerprint density at radius 3 is 2.74 bits per heavy atom. The molecule has 2 N–H and O–H groups in total. The van der Waals surface area contributed by atoms with Gasteiger partial charge in [-0.2, -0.15) is 0 Å². The lowest BCUT2D eigenvalue weighted by molar-refractivity contribution is 0.136. The van der Waals surface area contributed by atoms with E-state index < -0.39 is 0 Å². The van der Waals surface area contributed by atoms with E-state index in [2.05, 4.69) is 45.6 Å². The van der Waals surface area contributed by atoms with Crippen molar-refractivity contribution in [1.29, 1.82) is 0 Å². The molecule has 6 nitrogen and oxygen atoms in total. The first-order valence-corrected chi connectivity index (χ1v) is 10.2. The highest BCUT2D eigenvalue weighted by Gasteiger charge is 2.24. The molecule has 1 unspecified atom stereocenters. The van der Waals surface area contributed by atoms with Gasteiger partial charge in [0.2, 0.25) is 0 Å². The lowest BCUT2D eigenvalue weighted by Crippen LogP contribution is -2.43. The van der Waals surface area contributed by atoms with Crippen molar-refractivity contribution in [3.63, 3.8) is 0 Å². The summed E-state index contributed by atoms with van der Waals surface area (Å²) in [5, 5.41) is 6.82. The fourth-order valence-electron chi connectivity index (χ4n) is 3.36. The van der Waals surface area contributed by atoms with E-state index in [4.69, 9.17) is 9.47 Å². The highest BCUT2D eigenvalue weighted by atomic mass is 16.5. The van der Waals surface area contributed by atoms with Crippen LogP contribution in [0.3, 0.4) is 0 Å². The summed E-state index contributed by atoms with van der Waals surface area (Å²) in [5.41, 5.74) is 1.28. The number of guanidine groups is 1. The van der Waals surface area contributed by atoms with Crippen molar-refractivity contribution in [3.8, 4) is 5.75 Å². The number of nitrogens with zero attached hydrogens (tertiary/aromatic N) is 2. The summed E-state index contributed by atoms with van der Waals surface area (Å²) < 4.78 is 11.0. The predicted octanol–water partition coefficient (Wildman–Crippen LogP) is 2.81. The monoisotopic (exact) mass is 376 g/mol. The van der Waals surface area contributed by atoms with Crippen molar-refractivity contribution >= 4 is 5.96 Å². The van der Waals surface area contributed by atoms with Gasteiger partial charge in [0, 0.05) is 26.7 Å². The van der Waals surface area contributed by atoms with Crippen LogP contribution in [-0.2, 0) is 4.74 Å². The van der Waals surface area contributed by atoms with Gasteiger partial charge in [0.15, 0.2) is 5.96 Å². The SMILES string of the molecule is CCCCOCCNC(=NC)NCC(c1cccc(OC)c1)N1CCCC1. The second-order valence-electron chi connectivity index (χ2n) is 6.88. The number of rotatable bonds is 11. The van der Waals surface area contributed by atoms with E-state index in [1.54, 1.807) is 7.11 Å². The summed E-state index contributed by atoms with van der Waals surface area (Å²) in [7, 11) is 3.53. The maximum absolute atomic E-state index is 5.60. The molecule has 1 saturated heterocycles. The Morgan fingerprint density at radius 2 is 2.04 bits per heavy atom. The van der Waals surface area contributed by atoms with E-state index in [-0.39, 0.29) is 0 Å². The molecule has 1 atom stereocenters. The summed E-state index contributed by atoms with van der Waals surface area (Å²) in [5.74, 6) is 1.73. The second kappa shape index (κ2) is 12.6. The van der Waals surface area contributed by atoms with Crippen LogP contribution in [0.5, 0.6) is 5.75 Å². The quantitative estimate of drug-likeness (QED) is 0.353. The van der Waals surface area contributed by atoms with Gasteiger partial charge in [-0.1, -0.05) is 25.5 Å². The summed E-state index contributed by atoms with van der Waals surface area (Å²) in [6.07, 6.45) is 4.81. The van der Waals surface area contributed by atoms with Crippen LogP contribution in [0.25, 0.3) is 0 Å². The third kappa shape index (κ3) is 7.39. The molecule has 1 fully saturated rings. The minimum Gasteiger partial charge on any atom is -0.497 e. The molecule has 0 saturated carbocycles. The fraction of sp³-hybridized carbons (Fsp3) is 0.667. The molecule has 152 valence electrons. The largest absolute Gasteiger partial charge is 0.497 e.